The lowest BCUT2D eigenvalue weighted by Gasteiger charge is -2.21. The Morgan fingerprint density at radius 1 is 1.48 bits per heavy atom. The van der Waals surface area contributed by atoms with E-state index in [1.807, 2.05) is 19.1 Å². The average Bonchev–Trinajstić information content (AvgIpc) is 2.95. The Bertz CT molecular complexity index is 492. The summed E-state index contributed by atoms with van der Waals surface area (Å²) in [6.07, 6.45) is 5.10. The number of likely N-dealkylation sites (tertiary alicyclic amines) is 1. The number of aliphatic carboxylic acids is 1. The summed E-state index contributed by atoms with van der Waals surface area (Å²) in [7, 11) is 0. The number of urea groups is 1. The van der Waals surface area contributed by atoms with Crippen molar-refractivity contribution in [2.24, 2.45) is 5.92 Å². The first-order valence-corrected chi connectivity index (χ1v) is 7.23. The zero-order valence-electron chi connectivity index (χ0n) is 12.2. The van der Waals surface area contributed by atoms with Crippen molar-refractivity contribution in [3.8, 4) is 0 Å². The molecule has 0 radical (unpaired) electrons. The number of carbonyl (C=O) groups excluding carboxylic acids is 1. The highest BCUT2D eigenvalue weighted by atomic mass is 16.4. The molecule has 2 atom stereocenters. The minimum atomic E-state index is -0.774. The van der Waals surface area contributed by atoms with Crippen LogP contribution in [0.1, 0.15) is 37.8 Å². The van der Waals surface area contributed by atoms with Crippen LogP contribution in [-0.4, -0.2) is 40.1 Å². The standard InChI is InChI=1S/C15H21N3O3/c1-11(13-4-7-16-8-5-13)17-15(21)18-9-6-12(10-18)2-3-14(19)20/h4-5,7-8,11-12H,2-3,6,9-10H2,1H3,(H,17,21)(H,19,20). The van der Waals surface area contributed by atoms with Gasteiger partial charge in [0.15, 0.2) is 0 Å². The highest BCUT2D eigenvalue weighted by molar-refractivity contribution is 5.75. The number of nitrogens with one attached hydrogen (secondary N) is 1. The van der Waals surface area contributed by atoms with Crippen molar-refractivity contribution in [1.29, 1.82) is 0 Å². The van der Waals surface area contributed by atoms with E-state index in [2.05, 4.69) is 10.3 Å². The number of hydrogen-bond donors (Lipinski definition) is 2. The van der Waals surface area contributed by atoms with Crippen LogP contribution in [-0.2, 0) is 4.79 Å². The second kappa shape index (κ2) is 7.06. The van der Waals surface area contributed by atoms with E-state index in [-0.39, 0.29) is 18.5 Å². The zero-order valence-corrected chi connectivity index (χ0v) is 12.2. The molecule has 2 unspecified atom stereocenters. The van der Waals surface area contributed by atoms with Gasteiger partial charge in [-0.25, -0.2) is 4.79 Å². The molecule has 0 aliphatic carbocycles. The van der Waals surface area contributed by atoms with Crippen molar-refractivity contribution in [3.05, 3.63) is 30.1 Å². The monoisotopic (exact) mass is 291 g/mol. The van der Waals surface area contributed by atoms with Gasteiger partial charge >= 0.3 is 12.0 Å². The van der Waals surface area contributed by atoms with Crippen LogP contribution in [0.5, 0.6) is 0 Å². The van der Waals surface area contributed by atoms with E-state index in [9.17, 15) is 9.59 Å². The van der Waals surface area contributed by atoms with Gasteiger partial charge in [-0.3, -0.25) is 9.78 Å². The molecule has 0 aromatic carbocycles. The Labute approximate surface area is 124 Å². The number of carboxylic acids is 1. The Morgan fingerprint density at radius 2 is 2.19 bits per heavy atom. The van der Waals surface area contributed by atoms with Crippen molar-refractivity contribution in [1.82, 2.24) is 15.2 Å². The Hall–Kier alpha value is -2.11. The van der Waals surface area contributed by atoms with Gasteiger partial charge < -0.3 is 15.3 Å². The third kappa shape index (κ3) is 4.44. The van der Waals surface area contributed by atoms with Crippen LogP contribution in [0, 0.1) is 5.92 Å². The number of nitrogens with zero attached hydrogens (tertiary/aromatic N) is 2. The van der Waals surface area contributed by atoms with E-state index >= 15 is 0 Å². The molecule has 1 fully saturated rings. The van der Waals surface area contributed by atoms with Gasteiger partial charge in [0.05, 0.1) is 6.04 Å². The van der Waals surface area contributed by atoms with Crippen LogP contribution in [0.2, 0.25) is 0 Å². The van der Waals surface area contributed by atoms with Gasteiger partial charge in [-0.15, -0.1) is 0 Å². The molecule has 1 aliphatic heterocycles. The molecule has 1 saturated heterocycles. The molecule has 2 N–H and O–H groups in total. The van der Waals surface area contributed by atoms with Crippen LogP contribution >= 0.6 is 0 Å². The Kier molecular flexibility index (Phi) is 5.14. The van der Waals surface area contributed by atoms with Gasteiger partial charge in [0, 0.05) is 31.9 Å². The zero-order chi connectivity index (χ0) is 15.2. The minimum absolute atomic E-state index is 0.0708. The number of hydrogen-bond acceptors (Lipinski definition) is 3. The fraction of sp³-hybridized carbons (Fsp3) is 0.533. The summed E-state index contributed by atoms with van der Waals surface area (Å²) in [6.45, 7) is 3.27. The highest BCUT2D eigenvalue weighted by Gasteiger charge is 2.27. The van der Waals surface area contributed by atoms with Gasteiger partial charge in [0.2, 0.25) is 0 Å². The summed E-state index contributed by atoms with van der Waals surface area (Å²) >= 11 is 0. The van der Waals surface area contributed by atoms with Gasteiger partial charge in [-0.2, -0.15) is 0 Å². The van der Waals surface area contributed by atoms with Crippen molar-refractivity contribution < 1.29 is 14.7 Å². The smallest absolute Gasteiger partial charge is 0.317 e. The molecule has 2 heterocycles. The van der Waals surface area contributed by atoms with Crippen molar-refractivity contribution in [2.45, 2.75) is 32.2 Å². The largest absolute Gasteiger partial charge is 0.481 e. The maximum Gasteiger partial charge on any atom is 0.317 e. The quantitative estimate of drug-likeness (QED) is 0.869. The SMILES string of the molecule is CC(NC(=O)N1CCC(CCC(=O)O)C1)c1ccncc1. The van der Waals surface area contributed by atoms with Crippen LogP contribution < -0.4 is 5.32 Å². The van der Waals surface area contributed by atoms with E-state index in [4.69, 9.17) is 5.11 Å². The summed E-state index contributed by atoms with van der Waals surface area (Å²) in [5, 5.41) is 11.7. The molecule has 6 nitrogen and oxygen atoms in total. The summed E-state index contributed by atoms with van der Waals surface area (Å²) in [5.74, 6) is -0.479. The molecule has 0 bridgehead atoms. The van der Waals surface area contributed by atoms with Gasteiger partial charge in [0.1, 0.15) is 0 Å². The molecule has 0 saturated carbocycles. The molecule has 0 spiro atoms. The Morgan fingerprint density at radius 3 is 2.86 bits per heavy atom. The fourth-order valence-electron chi connectivity index (χ4n) is 2.59. The number of rotatable bonds is 5. The van der Waals surface area contributed by atoms with E-state index in [1.54, 1.807) is 17.3 Å². The molecule has 1 aromatic heterocycles. The van der Waals surface area contributed by atoms with Crippen LogP contribution in [0.15, 0.2) is 24.5 Å². The summed E-state index contributed by atoms with van der Waals surface area (Å²) in [4.78, 5) is 28.5. The van der Waals surface area contributed by atoms with E-state index in [0.717, 1.165) is 12.0 Å². The molecule has 1 aromatic rings. The molecule has 6 heteroatoms. The molecule has 1 aliphatic rings. The first kappa shape index (κ1) is 15.3. The Balaban J connectivity index is 1.80. The number of amides is 2. The predicted molar refractivity (Wildman–Crippen MR) is 77.7 cm³/mol. The van der Waals surface area contributed by atoms with Crippen molar-refractivity contribution >= 4 is 12.0 Å². The van der Waals surface area contributed by atoms with Crippen molar-refractivity contribution in [2.75, 3.05) is 13.1 Å². The second-order valence-electron chi connectivity index (χ2n) is 5.48. The van der Waals surface area contributed by atoms with E-state index in [1.165, 1.54) is 0 Å². The number of carbonyl (C=O) groups is 2. The molecular formula is C15H21N3O3. The predicted octanol–water partition coefficient (Wildman–Crippen LogP) is 2.04. The van der Waals surface area contributed by atoms with E-state index < -0.39 is 5.97 Å². The summed E-state index contributed by atoms with van der Waals surface area (Å²) in [6, 6.07) is 3.60. The lowest BCUT2D eigenvalue weighted by atomic mass is 10.0. The van der Waals surface area contributed by atoms with Crippen LogP contribution in [0.4, 0.5) is 4.79 Å². The fourth-order valence-corrected chi connectivity index (χ4v) is 2.59. The molecule has 2 amide bonds. The lowest BCUT2D eigenvalue weighted by molar-refractivity contribution is -0.137. The van der Waals surface area contributed by atoms with Gasteiger partial charge in [-0.1, -0.05) is 0 Å². The topological polar surface area (TPSA) is 82.5 Å². The number of aromatic nitrogens is 1. The van der Waals surface area contributed by atoms with Gasteiger partial charge in [-0.05, 0) is 43.4 Å². The first-order chi connectivity index (χ1) is 10.1. The van der Waals surface area contributed by atoms with Crippen LogP contribution in [0.25, 0.3) is 0 Å². The highest BCUT2D eigenvalue weighted by Crippen LogP contribution is 2.21. The van der Waals surface area contributed by atoms with E-state index in [0.29, 0.717) is 25.4 Å². The third-order valence-electron chi connectivity index (χ3n) is 3.89. The number of pyridine rings is 1. The average molecular weight is 291 g/mol. The third-order valence-corrected chi connectivity index (χ3v) is 3.89. The lowest BCUT2D eigenvalue weighted by Crippen LogP contribution is -2.39. The van der Waals surface area contributed by atoms with Crippen molar-refractivity contribution in [3.63, 3.8) is 0 Å². The van der Waals surface area contributed by atoms with Gasteiger partial charge in [0.25, 0.3) is 0 Å². The minimum Gasteiger partial charge on any atom is -0.481 e. The molecule has 2 rings (SSSR count). The maximum absolute atomic E-state index is 12.2. The summed E-state index contributed by atoms with van der Waals surface area (Å²) in [5.41, 5.74) is 1.01. The maximum atomic E-state index is 12.2. The van der Waals surface area contributed by atoms with Crippen LogP contribution in [0.3, 0.4) is 0 Å². The normalized spacial score (nSPS) is 19.3. The molecule has 114 valence electrons. The summed E-state index contributed by atoms with van der Waals surface area (Å²) < 4.78 is 0. The molecule has 21 heavy (non-hydrogen) atoms. The number of carboxylic acid groups (broad SMARTS) is 1. The second-order valence-corrected chi connectivity index (χ2v) is 5.48. The first-order valence-electron chi connectivity index (χ1n) is 7.23. The molecular weight excluding hydrogens is 270 g/mol.